The molecule has 1 atom stereocenters. The standard InChI is InChI=1S/C9H20N2O3/c1-2-14-9(13)8(10)5-3-4-6-11-7-12/h8,11-12H,2-7,10H2,1H3/t8-/m0/s1. The van der Waals surface area contributed by atoms with Crippen molar-refractivity contribution < 1.29 is 14.6 Å². The lowest BCUT2D eigenvalue weighted by atomic mass is 10.1. The summed E-state index contributed by atoms with van der Waals surface area (Å²) in [4.78, 5) is 11.1. The predicted octanol–water partition coefficient (Wildman–Crippen LogP) is -0.413. The number of ether oxygens (including phenoxy) is 1. The monoisotopic (exact) mass is 204 g/mol. The number of aliphatic hydroxyl groups excluding tert-OH is 1. The van der Waals surface area contributed by atoms with Crippen LogP contribution in [-0.2, 0) is 9.53 Å². The molecular formula is C9H20N2O3. The average molecular weight is 204 g/mol. The third-order valence-electron chi connectivity index (χ3n) is 1.82. The Morgan fingerprint density at radius 1 is 1.57 bits per heavy atom. The second-order valence-electron chi connectivity index (χ2n) is 3.01. The van der Waals surface area contributed by atoms with Gasteiger partial charge >= 0.3 is 5.97 Å². The Hall–Kier alpha value is -0.650. The summed E-state index contributed by atoms with van der Waals surface area (Å²) in [5, 5.41) is 11.2. The van der Waals surface area contributed by atoms with Gasteiger partial charge in [-0.3, -0.25) is 10.1 Å². The van der Waals surface area contributed by atoms with Crippen LogP contribution in [0.2, 0.25) is 0 Å². The van der Waals surface area contributed by atoms with Gasteiger partial charge in [0.15, 0.2) is 0 Å². The van der Waals surface area contributed by atoms with Gasteiger partial charge in [-0.2, -0.15) is 0 Å². The van der Waals surface area contributed by atoms with Crippen molar-refractivity contribution in [1.82, 2.24) is 5.32 Å². The van der Waals surface area contributed by atoms with Crippen molar-refractivity contribution in [2.75, 3.05) is 19.9 Å². The summed E-state index contributed by atoms with van der Waals surface area (Å²) >= 11 is 0. The maximum atomic E-state index is 11.1. The van der Waals surface area contributed by atoms with Gasteiger partial charge in [0.1, 0.15) is 6.04 Å². The smallest absolute Gasteiger partial charge is 0.322 e. The molecule has 0 bridgehead atoms. The molecule has 5 nitrogen and oxygen atoms in total. The van der Waals surface area contributed by atoms with Gasteiger partial charge in [-0.25, -0.2) is 0 Å². The van der Waals surface area contributed by atoms with Gasteiger partial charge in [0.25, 0.3) is 0 Å². The van der Waals surface area contributed by atoms with Crippen molar-refractivity contribution in [3.05, 3.63) is 0 Å². The van der Waals surface area contributed by atoms with Crippen LogP contribution in [0.15, 0.2) is 0 Å². The average Bonchev–Trinajstić information content (AvgIpc) is 2.17. The summed E-state index contributed by atoms with van der Waals surface area (Å²) in [7, 11) is 0. The van der Waals surface area contributed by atoms with E-state index in [-0.39, 0.29) is 12.7 Å². The Morgan fingerprint density at radius 2 is 2.29 bits per heavy atom. The number of carbonyl (C=O) groups excluding carboxylic acids is 1. The van der Waals surface area contributed by atoms with Gasteiger partial charge in [0.2, 0.25) is 0 Å². The maximum absolute atomic E-state index is 11.1. The summed E-state index contributed by atoms with van der Waals surface area (Å²) < 4.78 is 4.76. The Kier molecular flexibility index (Phi) is 8.51. The third-order valence-corrected chi connectivity index (χ3v) is 1.82. The number of rotatable bonds is 8. The number of unbranched alkanes of at least 4 members (excludes halogenated alkanes) is 1. The molecule has 0 rings (SSSR count). The van der Waals surface area contributed by atoms with E-state index in [1.165, 1.54) is 0 Å². The van der Waals surface area contributed by atoms with Crippen molar-refractivity contribution >= 4 is 5.97 Å². The minimum absolute atomic E-state index is 0.00999. The van der Waals surface area contributed by atoms with Crippen molar-refractivity contribution in [1.29, 1.82) is 0 Å². The molecule has 0 fully saturated rings. The van der Waals surface area contributed by atoms with E-state index in [1.807, 2.05) is 0 Å². The van der Waals surface area contributed by atoms with Crippen LogP contribution in [0.5, 0.6) is 0 Å². The van der Waals surface area contributed by atoms with Gasteiger partial charge in [0, 0.05) is 0 Å². The van der Waals surface area contributed by atoms with Crippen LogP contribution in [0.3, 0.4) is 0 Å². The molecule has 0 unspecified atom stereocenters. The number of carbonyl (C=O) groups is 1. The fourth-order valence-electron chi connectivity index (χ4n) is 1.06. The molecule has 0 aromatic heterocycles. The molecule has 0 radical (unpaired) electrons. The van der Waals surface area contributed by atoms with E-state index < -0.39 is 6.04 Å². The highest BCUT2D eigenvalue weighted by Gasteiger charge is 2.13. The van der Waals surface area contributed by atoms with Crippen molar-refractivity contribution in [3.63, 3.8) is 0 Å². The van der Waals surface area contributed by atoms with Crippen molar-refractivity contribution in [3.8, 4) is 0 Å². The van der Waals surface area contributed by atoms with Crippen LogP contribution in [0.4, 0.5) is 0 Å². The first-order chi connectivity index (χ1) is 6.72. The zero-order valence-electron chi connectivity index (χ0n) is 8.66. The molecule has 0 heterocycles. The number of aliphatic hydroxyl groups is 1. The van der Waals surface area contributed by atoms with E-state index in [4.69, 9.17) is 15.6 Å². The van der Waals surface area contributed by atoms with E-state index in [1.54, 1.807) is 6.92 Å². The van der Waals surface area contributed by atoms with E-state index in [9.17, 15) is 4.79 Å². The van der Waals surface area contributed by atoms with E-state index in [0.29, 0.717) is 13.0 Å². The number of nitrogens with two attached hydrogens (primary N) is 1. The summed E-state index contributed by atoms with van der Waals surface area (Å²) in [6, 6.07) is -0.510. The molecular weight excluding hydrogens is 184 g/mol. The second-order valence-corrected chi connectivity index (χ2v) is 3.01. The molecule has 14 heavy (non-hydrogen) atoms. The Bertz CT molecular complexity index is 153. The topological polar surface area (TPSA) is 84.6 Å². The molecule has 0 spiro atoms. The molecule has 0 aliphatic carbocycles. The van der Waals surface area contributed by atoms with Crippen LogP contribution in [-0.4, -0.2) is 37.0 Å². The first kappa shape index (κ1) is 13.4. The largest absolute Gasteiger partial charge is 0.465 e. The Labute approximate surface area is 84.6 Å². The van der Waals surface area contributed by atoms with Crippen LogP contribution in [0.25, 0.3) is 0 Å². The second kappa shape index (κ2) is 8.93. The van der Waals surface area contributed by atoms with Gasteiger partial charge in [-0.15, -0.1) is 0 Å². The third kappa shape index (κ3) is 6.82. The summed E-state index contributed by atoms with van der Waals surface area (Å²) in [5.41, 5.74) is 5.57. The van der Waals surface area contributed by atoms with Crippen LogP contribution < -0.4 is 11.1 Å². The van der Waals surface area contributed by atoms with Crippen molar-refractivity contribution in [2.45, 2.75) is 32.2 Å². The van der Waals surface area contributed by atoms with Gasteiger partial charge in [0.05, 0.1) is 13.3 Å². The molecule has 0 saturated heterocycles. The van der Waals surface area contributed by atoms with E-state index in [2.05, 4.69) is 5.32 Å². The first-order valence-corrected chi connectivity index (χ1v) is 4.96. The Balaban J connectivity index is 3.34. The highest BCUT2D eigenvalue weighted by molar-refractivity contribution is 5.75. The fraction of sp³-hybridized carbons (Fsp3) is 0.889. The van der Waals surface area contributed by atoms with Crippen LogP contribution in [0, 0.1) is 0 Å². The Morgan fingerprint density at radius 3 is 2.86 bits per heavy atom. The lowest BCUT2D eigenvalue weighted by molar-refractivity contribution is -0.144. The number of hydrogen-bond donors (Lipinski definition) is 3. The molecule has 84 valence electrons. The molecule has 0 aromatic carbocycles. The van der Waals surface area contributed by atoms with Crippen LogP contribution >= 0.6 is 0 Å². The zero-order valence-corrected chi connectivity index (χ0v) is 8.66. The van der Waals surface area contributed by atoms with Crippen molar-refractivity contribution in [2.24, 2.45) is 5.73 Å². The highest BCUT2D eigenvalue weighted by Crippen LogP contribution is 2.00. The minimum atomic E-state index is -0.510. The number of esters is 1. The zero-order chi connectivity index (χ0) is 10.8. The fourth-order valence-corrected chi connectivity index (χ4v) is 1.06. The minimum Gasteiger partial charge on any atom is -0.465 e. The molecule has 5 heteroatoms. The maximum Gasteiger partial charge on any atom is 0.322 e. The first-order valence-electron chi connectivity index (χ1n) is 4.96. The van der Waals surface area contributed by atoms with Gasteiger partial charge in [-0.05, 0) is 26.3 Å². The van der Waals surface area contributed by atoms with Gasteiger partial charge < -0.3 is 15.6 Å². The molecule has 0 saturated carbocycles. The highest BCUT2D eigenvalue weighted by atomic mass is 16.5. The quantitative estimate of drug-likeness (QED) is 0.284. The van der Waals surface area contributed by atoms with E-state index >= 15 is 0 Å². The molecule has 0 aliphatic heterocycles. The normalized spacial score (nSPS) is 12.5. The van der Waals surface area contributed by atoms with Gasteiger partial charge in [-0.1, -0.05) is 6.42 Å². The summed E-state index contributed by atoms with van der Waals surface area (Å²) in [6.45, 7) is 2.87. The van der Waals surface area contributed by atoms with E-state index in [0.717, 1.165) is 19.4 Å². The molecule has 0 amide bonds. The molecule has 0 aromatic rings. The molecule has 4 N–H and O–H groups in total. The lowest BCUT2D eigenvalue weighted by Gasteiger charge is -2.09. The summed E-state index contributed by atoms with van der Waals surface area (Å²) in [5.74, 6) is -0.331. The lowest BCUT2D eigenvalue weighted by Crippen LogP contribution is -2.32. The SMILES string of the molecule is CCOC(=O)[C@@H](N)CCCCNCO. The number of nitrogens with one attached hydrogen (secondary N) is 1. The number of hydrogen-bond acceptors (Lipinski definition) is 5. The van der Waals surface area contributed by atoms with Crippen LogP contribution in [0.1, 0.15) is 26.2 Å². The summed E-state index contributed by atoms with van der Waals surface area (Å²) in [6.07, 6.45) is 2.38. The predicted molar refractivity (Wildman–Crippen MR) is 53.5 cm³/mol. The molecule has 0 aliphatic rings.